The zero-order valence-electron chi connectivity index (χ0n) is 26.0. The van der Waals surface area contributed by atoms with Gasteiger partial charge < -0.3 is 14.2 Å². The number of benzene rings is 4. The lowest BCUT2D eigenvalue weighted by Gasteiger charge is -2.26. The van der Waals surface area contributed by atoms with Crippen LogP contribution in [-0.4, -0.2) is 23.2 Å². The zero-order chi connectivity index (χ0) is 32.4. The molecule has 5 aromatic rings. The smallest absolute Gasteiger partial charge is 0.338 e. The van der Waals surface area contributed by atoms with Crippen molar-refractivity contribution in [3.63, 3.8) is 0 Å². The van der Waals surface area contributed by atoms with Gasteiger partial charge in [-0.1, -0.05) is 83.6 Å². The molecule has 9 heteroatoms. The van der Waals surface area contributed by atoms with E-state index in [9.17, 15) is 9.59 Å². The molecule has 0 amide bonds. The van der Waals surface area contributed by atoms with Crippen LogP contribution in [-0.2, 0) is 16.1 Å². The van der Waals surface area contributed by atoms with Crippen molar-refractivity contribution in [3.05, 3.63) is 138 Å². The van der Waals surface area contributed by atoms with Crippen molar-refractivity contribution in [3.8, 4) is 11.5 Å². The summed E-state index contributed by atoms with van der Waals surface area (Å²) >= 11 is 7.68. The second kappa shape index (κ2) is 13.4. The lowest BCUT2D eigenvalue weighted by molar-refractivity contribution is -0.139. The molecule has 0 spiro atoms. The average molecular weight is 653 g/mol. The number of aromatic nitrogens is 1. The van der Waals surface area contributed by atoms with Gasteiger partial charge in [-0.2, -0.15) is 0 Å². The van der Waals surface area contributed by atoms with Gasteiger partial charge in [0.2, 0.25) is 0 Å². The van der Waals surface area contributed by atoms with Crippen LogP contribution in [0.4, 0.5) is 0 Å². The molecule has 46 heavy (non-hydrogen) atoms. The fourth-order valence-corrected chi connectivity index (χ4v) is 6.85. The molecule has 1 atom stereocenters. The number of halogens is 1. The highest BCUT2D eigenvalue weighted by Crippen LogP contribution is 2.36. The summed E-state index contributed by atoms with van der Waals surface area (Å²) in [6.45, 7) is 7.89. The molecule has 0 radical (unpaired) electrons. The van der Waals surface area contributed by atoms with Gasteiger partial charge in [-0.15, -0.1) is 0 Å². The van der Waals surface area contributed by atoms with E-state index >= 15 is 0 Å². The molecule has 0 aliphatic carbocycles. The number of thiazole rings is 1. The van der Waals surface area contributed by atoms with Crippen molar-refractivity contribution in [1.82, 2.24) is 4.57 Å². The van der Waals surface area contributed by atoms with Crippen LogP contribution >= 0.6 is 22.9 Å². The van der Waals surface area contributed by atoms with Crippen LogP contribution in [0.3, 0.4) is 0 Å². The SMILES string of the molecule is CCOC(=O)C1=C(C)N=c2s/c(=C\c3cc(Cl)ccc3OCc3cccc4ccccc34)c(=O)n2[C@@H]1c1ccccc1OC(C)C. The molecule has 0 saturated carbocycles. The molecule has 7 nitrogen and oxygen atoms in total. The lowest BCUT2D eigenvalue weighted by Crippen LogP contribution is -2.40. The van der Waals surface area contributed by atoms with E-state index in [1.165, 1.54) is 11.3 Å². The van der Waals surface area contributed by atoms with Gasteiger partial charge in [0.05, 0.1) is 28.5 Å². The number of fused-ring (bicyclic) bond motifs is 2. The van der Waals surface area contributed by atoms with Crippen molar-refractivity contribution in [2.75, 3.05) is 6.61 Å². The molecule has 6 rings (SSSR count). The van der Waals surface area contributed by atoms with E-state index in [1.807, 2.05) is 68.4 Å². The summed E-state index contributed by atoms with van der Waals surface area (Å²) in [5.74, 6) is 0.632. The van der Waals surface area contributed by atoms with Gasteiger partial charge in [-0.25, -0.2) is 9.79 Å². The maximum absolute atomic E-state index is 14.3. The number of esters is 1. The van der Waals surface area contributed by atoms with Crippen LogP contribution in [0.1, 0.15) is 50.4 Å². The topological polar surface area (TPSA) is 79.1 Å². The fourth-order valence-electron chi connectivity index (χ4n) is 5.63. The normalized spacial score (nSPS) is 14.7. The van der Waals surface area contributed by atoms with Gasteiger partial charge in [-0.05, 0) is 74.4 Å². The maximum atomic E-state index is 14.3. The van der Waals surface area contributed by atoms with E-state index in [0.717, 1.165) is 16.3 Å². The Morgan fingerprint density at radius 3 is 2.59 bits per heavy atom. The van der Waals surface area contributed by atoms with Crippen molar-refractivity contribution < 1.29 is 19.0 Å². The standard InChI is InChI=1S/C37H33ClN2O5S/c1-5-43-36(42)33-23(4)39-37-40(34(33)29-15-8-9-16-31(29)45-22(2)3)35(41)32(46-37)20-26-19-27(38)17-18-30(26)44-21-25-13-10-12-24-11-6-7-14-28(24)25/h6-20,22,34H,5,21H2,1-4H3/b32-20-/t34-/m1/s1. The largest absolute Gasteiger partial charge is 0.491 e. The first-order valence-electron chi connectivity index (χ1n) is 15.1. The third-order valence-electron chi connectivity index (χ3n) is 7.61. The molecule has 1 aliphatic rings. The Bertz CT molecular complexity index is 2160. The Kier molecular flexibility index (Phi) is 9.10. The van der Waals surface area contributed by atoms with Gasteiger partial charge in [0.15, 0.2) is 4.80 Å². The quantitative estimate of drug-likeness (QED) is 0.161. The predicted octanol–water partition coefficient (Wildman–Crippen LogP) is 6.97. The molecule has 4 aromatic carbocycles. The average Bonchev–Trinajstić information content (AvgIpc) is 3.33. The van der Waals surface area contributed by atoms with Crippen LogP contribution in [0.25, 0.3) is 16.8 Å². The van der Waals surface area contributed by atoms with Crippen molar-refractivity contribution in [2.45, 2.75) is 46.4 Å². The molecule has 2 heterocycles. The van der Waals surface area contributed by atoms with E-state index in [2.05, 4.69) is 18.2 Å². The van der Waals surface area contributed by atoms with Crippen molar-refractivity contribution in [2.24, 2.45) is 4.99 Å². The summed E-state index contributed by atoms with van der Waals surface area (Å²) in [6.07, 6.45) is 1.65. The van der Waals surface area contributed by atoms with E-state index < -0.39 is 12.0 Å². The first-order chi connectivity index (χ1) is 22.2. The number of allylic oxidation sites excluding steroid dienone is 1. The minimum atomic E-state index is -0.797. The Hall–Kier alpha value is -4.66. The number of ether oxygens (including phenoxy) is 3. The predicted molar refractivity (Wildman–Crippen MR) is 182 cm³/mol. The third-order valence-corrected chi connectivity index (χ3v) is 8.83. The van der Waals surface area contributed by atoms with E-state index in [4.69, 9.17) is 30.8 Å². The highest BCUT2D eigenvalue weighted by molar-refractivity contribution is 7.07. The number of para-hydroxylation sites is 1. The second-order valence-corrected chi connectivity index (χ2v) is 12.6. The monoisotopic (exact) mass is 652 g/mol. The number of nitrogens with zero attached hydrogens (tertiary/aromatic N) is 2. The summed E-state index contributed by atoms with van der Waals surface area (Å²) in [5, 5.41) is 2.76. The minimum absolute atomic E-state index is 0.122. The third kappa shape index (κ3) is 6.23. The molecule has 1 aliphatic heterocycles. The number of carbonyl (C=O) groups excluding carboxylic acids is 1. The molecule has 0 bridgehead atoms. The molecular formula is C37H33ClN2O5S. The number of rotatable bonds is 9. The molecule has 1 aromatic heterocycles. The van der Waals surface area contributed by atoms with Crippen molar-refractivity contribution in [1.29, 1.82) is 0 Å². The summed E-state index contributed by atoms with van der Waals surface area (Å²) < 4.78 is 19.9. The molecule has 0 N–H and O–H groups in total. The van der Waals surface area contributed by atoms with Crippen LogP contribution in [0.2, 0.25) is 5.02 Å². The van der Waals surface area contributed by atoms with E-state index in [1.54, 1.807) is 36.6 Å². The van der Waals surface area contributed by atoms with Crippen LogP contribution in [0, 0.1) is 0 Å². The van der Waals surface area contributed by atoms with E-state index in [0.29, 0.717) is 54.9 Å². The molecule has 0 saturated heterocycles. The molecule has 0 unspecified atom stereocenters. The first kappa shape index (κ1) is 31.3. The summed E-state index contributed by atoms with van der Waals surface area (Å²) in [4.78, 5) is 32.8. The van der Waals surface area contributed by atoms with Gasteiger partial charge in [0.1, 0.15) is 24.1 Å². The summed E-state index contributed by atoms with van der Waals surface area (Å²) in [7, 11) is 0. The van der Waals surface area contributed by atoms with Crippen LogP contribution < -0.4 is 24.4 Å². The first-order valence-corrected chi connectivity index (χ1v) is 16.3. The highest BCUT2D eigenvalue weighted by atomic mass is 35.5. The minimum Gasteiger partial charge on any atom is -0.491 e. The van der Waals surface area contributed by atoms with E-state index in [-0.39, 0.29) is 18.3 Å². The zero-order valence-corrected chi connectivity index (χ0v) is 27.5. The Balaban J connectivity index is 1.46. The maximum Gasteiger partial charge on any atom is 0.338 e. The number of hydrogen-bond acceptors (Lipinski definition) is 7. The Morgan fingerprint density at radius 1 is 1.02 bits per heavy atom. The van der Waals surface area contributed by atoms with Crippen LogP contribution in [0.15, 0.2) is 106 Å². The number of hydrogen-bond donors (Lipinski definition) is 0. The van der Waals surface area contributed by atoms with Crippen molar-refractivity contribution >= 4 is 45.8 Å². The molecular weight excluding hydrogens is 620 g/mol. The van der Waals surface area contributed by atoms with Crippen LogP contribution in [0.5, 0.6) is 11.5 Å². The van der Waals surface area contributed by atoms with Gasteiger partial charge >= 0.3 is 5.97 Å². The summed E-state index contributed by atoms with van der Waals surface area (Å²) in [5.41, 5.74) is 2.84. The molecule has 0 fully saturated rings. The Labute approximate surface area is 275 Å². The molecule has 234 valence electrons. The van der Waals surface area contributed by atoms with Gasteiger partial charge in [0, 0.05) is 16.1 Å². The summed E-state index contributed by atoms with van der Waals surface area (Å²) in [6, 6.07) is 26.3. The Morgan fingerprint density at radius 2 is 1.78 bits per heavy atom. The van der Waals surface area contributed by atoms with Gasteiger partial charge in [0.25, 0.3) is 5.56 Å². The fraction of sp³-hybridized carbons (Fsp3) is 0.216. The highest BCUT2D eigenvalue weighted by Gasteiger charge is 2.35. The van der Waals surface area contributed by atoms with Gasteiger partial charge in [-0.3, -0.25) is 9.36 Å². The second-order valence-electron chi connectivity index (χ2n) is 11.1. The lowest BCUT2D eigenvalue weighted by atomic mass is 9.95. The number of carbonyl (C=O) groups is 1.